The van der Waals surface area contributed by atoms with Crippen LogP contribution in [0.1, 0.15) is 43.1 Å². The number of nitrogens with zero attached hydrogens (tertiary/aromatic N) is 1. The Morgan fingerprint density at radius 3 is 2.57 bits per heavy atom. The van der Waals surface area contributed by atoms with Crippen molar-refractivity contribution in [3.05, 3.63) is 59.4 Å². The molecule has 1 atom stereocenters. The van der Waals surface area contributed by atoms with Gasteiger partial charge in [0.25, 0.3) is 0 Å². The van der Waals surface area contributed by atoms with E-state index in [4.69, 9.17) is 4.74 Å². The van der Waals surface area contributed by atoms with Crippen molar-refractivity contribution in [2.45, 2.75) is 33.2 Å². The lowest BCUT2D eigenvalue weighted by Gasteiger charge is -2.23. The smallest absolute Gasteiger partial charge is 0.124 e. The molecule has 0 aliphatic carbocycles. The molecule has 0 bridgehead atoms. The summed E-state index contributed by atoms with van der Waals surface area (Å²) in [7, 11) is 0. The molecule has 21 heavy (non-hydrogen) atoms. The van der Waals surface area contributed by atoms with E-state index in [1.165, 1.54) is 11.1 Å². The zero-order valence-electron chi connectivity index (χ0n) is 13.1. The van der Waals surface area contributed by atoms with Gasteiger partial charge in [-0.25, -0.2) is 0 Å². The summed E-state index contributed by atoms with van der Waals surface area (Å²) in [6, 6.07) is 12.5. The highest BCUT2D eigenvalue weighted by Gasteiger charge is 2.19. The van der Waals surface area contributed by atoms with E-state index in [0.29, 0.717) is 6.61 Å². The fourth-order valence-corrected chi connectivity index (χ4v) is 2.48. The molecule has 3 nitrogen and oxygen atoms in total. The van der Waals surface area contributed by atoms with Crippen LogP contribution in [0.5, 0.6) is 5.75 Å². The predicted octanol–water partition coefficient (Wildman–Crippen LogP) is 3.88. The van der Waals surface area contributed by atoms with E-state index in [2.05, 4.69) is 42.3 Å². The molecule has 112 valence electrons. The molecule has 1 N–H and O–H groups in total. The van der Waals surface area contributed by atoms with Crippen LogP contribution in [0.25, 0.3) is 0 Å². The molecule has 3 heteroatoms. The average Bonchev–Trinajstić information content (AvgIpc) is 2.51. The number of aryl methyl sites for hydroxylation is 1. The third kappa shape index (κ3) is 3.82. The summed E-state index contributed by atoms with van der Waals surface area (Å²) < 4.78 is 5.80. The highest BCUT2D eigenvalue weighted by Crippen LogP contribution is 2.31. The maximum absolute atomic E-state index is 5.80. The Labute approximate surface area is 127 Å². The number of para-hydroxylation sites is 1. The van der Waals surface area contributed by atoms with Crippen LogP contribution in [0, 0.1) is 6.92 Å². The Morgan fingerprint density at radius 1 is 1.10 bits per heavy atom. The minimum absolute atomic E-state index is 0.112. The number of rotatable bonds is 7. The van der Waals surface area contributed by atoms with Crippen molar-refractivity contribution in [1.82, 2.24) is 10.3 Å². The highest BCUT2D eigenvalue weighted by atomic mass is 16.5. The summed E-state index contributed by atoms with van der Waals surface area (Å²) in [5, 5.41) is 3.62. The van der Waals surface area contributed by atoms with Gasteiger partial charge in [-0.3, -0.25) is 4.98 Å². The van der Waals surface area contributed by atoms with Gasteiger partial charge in [0.1, 0.15) is 5.75 Å². The minimum Gasteiger partial charge on any atom is -0.494 e. The molecule has 0 spiro atoms. The Hall–Kier alpha value is -1.87. The van der Waals surface area contributed by atoms with Crippen LogP contribution in [0.3, 0.4) is 0 Å². The number of ether oxygens (including phenoxy) is 1. The van der Waals surface area contributed by atoms with Crippen LogP contribution in [0.15, 0.2) is 42.6 Å². The molecule has 0 fully saturated rings. The quantitative estimate of drug-likeness (QED) is 0.838. The van der Waals surface area contributed by atoms with Crippen LogP contribution in [-0.4, -0.2) is 18.1 Å². The molecular formula is C18H24N2O. The molecule has 0 aliphatic heterocycles. The van der Waals surface area contributed by atoms with Gasteiger partial charge in [0, 0.05) is 17.5 Å². The van der Waals surface area contributed by atoms with Crippen LogP contribution in [-0.2, 0) is 0 Å². The molecule has 1 unspecified atom stereocenters. The maximum atomic E-state index is 5.80. The van der Waals surface area contributed by atoms with E-state index in [-0.39, 0.29) is 6.04 Å². The largest absolute Gasteiger partial charge is 0.494 e. The summed E-state index contributed by atoms with van der Waals surface area (Å²) in [4.78, 5) is 4.43. The van der Waals surface area contributed by atoms with Crippen molar-refractivity contribution in [2.24, 2.45) is 0 Å². The Bertz CT molecular complexity index is 569. The number of hydrogen-bond acceptors (Lipinski definition) is 3. The zero-order valence-corrected chi connectivity index (χ0v) is 13.1. The van der Waals surface area contributed by atoms with E-state index in [0.717, 1.165) is 24.4 Å². The number of benzene rings is 1. The van der Waals surface area contributed by atoms with Crippen LogP contribution in [0.4, 0.5) is 0 Å². The molecule has 1 aromatic heterocycles. The van der Waals surface area contributed by atoms with Crippen molar-refractivity contribution in [1.29, 1.82) is 0 Å². The van der Waals surface area contributed by atoms with Gasteiger partial charge in [0.15, 0.2) is 0 Å². The summed E-state index contributed by atoms with van der Waals surface area (Å²) in [6.45, 7) is 7.87. The van der Waals surface area contributed by atoms with Gasteiger partial charge in [-0.15, -0.1) is 0 Å². The SMILES string of the molecule is CCCNC(c1ccccc1OCC)c1cccnc1C. The highest BCUT2D eigenvalue weighted by molar-refractivity contribution is 5.42. The van der Waals surface area contributed by atoms with E-state index in [9.17, 15) is 0 Å². The van der Waals surface area contributed by atoms with Crippen LogP contribution < -0.4 is 10.1 Å². The summed E-state index contributed by atoms with van der Waals surface area (Å²) >= 11 is 0. The molecular weight excluding hydrogens is 260 g/mol. The summed E-state index contributed by atoms with van der Waals surface area (Å²) in [6.07, 6.45) is 2.93. The summed E-state index contributed by atoms with van der Waals surface area (Å²) in [5.74, 6) is 0.942. The van der Waals surface area contributed by atoms with Crippen molar-refractivity contribution in [3.8, 4) is 5.75 Å². The number of aromatic nitrogens is 1. The zero-order chi connectivity index (χ0) is 15.1. The maximum Gasteiger partial charge on any atom is 0.124 e. The molecule has 1 aromatic carbocycles. The van der Waals surface area contributed by atoms with E-state index >= 15 is 0 Å². The number of nitrogens with one attached hydrogen (secondary N) is 1. The first-order chi connectivity index (χ1) is 10.3. The topological polar surface area (TPSA) is 34.1 Å². The third-order valence-corrected chi connectivity index (χ3v) is 3.49. The first-order valence-corrected chi connectivity index (χ1v) is 7.64. The van der Waals surface area contributed by atoms with Crippen molar-refractivity contribution < 1.29 is 4.74 Å². The normalized spacial score (nSPS) is 12.1. The monoisotopic (exact) mass is 284 g/mol. The Balaban J connectivity index is 2.43. The van der Waals surface area contributed by atoms with Crippen molar-refractivity contribution in [2.75, 3.05) is 13.2 Å². The molecule has 2 aromatic rings. The first kappa shape index (κ1) is 15.5. The van der Waals surface area contributed by atoms with Gasteiger partial charge >= 0.3 is 0 Å². The fraction of sp³-hybridized carbons (Fsp3) is 0.389. The van der Waals surface area contributed by atoms with E-state index in [1.807, 2.05) is 31.3 Å². The van der Waals surface area contributed by atoms with Crippen LogP contribution >= 0.6 is 0 Å². The van der Waals surface area contributed by atoms with Gasteiger partial charge in [0.05, 0.1) is 12.6 Å². The second-order valence-electron chi connectivity index (χ2n) is 5.04. The van der Waals surface area contributed by atoms with Crippen molar-refractivity contribution in [3.63, 3.8) is 0 Å². The minimum atomic E-state index is 0.112. The molecule has 0 radical (unpaired) electrons. The first-order valence-electron chi connectivity index (χ1n) is 7.64. The van der Waals surface area contributed by atoms with Gasteiger partial charge in [-0.2, -0.15) is 0 Å². The second kappa shape index (κ2) is 7.79. The lowest BCUT2D eigenvalue weighted by Crippen LogP contribution is -2.24. The third-order valence-electron chi connectivity index (χ3n) is 3.49. The molecule has 0 saturated heterocycles. The van der Waals surface area contributed by atoms with Gasteiger partial charge in [0.2, 0.25) is 0 Å². The molecule has 0 saturated carbocycles. The second-order valence-corrected chi connectivity index (χ2v) is 5.04. The lowest BCUT2D eigenvalue weighted by atomic mass is 9.96. The Morgan fingerprint density at radius 2 is 1.86 bits per heavy atom. The van der Waals surface area contributed by atoms with E-state index in [1.54, 1.807) is 0 Å². The summed E-state index contributed by atoms with van der Waals surface area (Å²) in [5.41, 5.74) is 3.43. The van der Waals surface area contributed by atoms with Gasteiger partial charge in [-0.05, 0) is 44.5 Å². The average molecular weight is 284 g/mol. The number of pyridine rings is 1. The molecule has 2 rings (SSSR count). The van der Waals surface area contributed by atoms with Crippen molar-refractivity contribution >= 4 is 0 Å². The standard InChI is InChI=1S/C18H24N2O/c1-4-12-20-18(15-10-8-13-19-14(15)3)16-9-6-7-11-17(16)21-5-2/h6-11,13,18,20H,4-5,12H2,1-3H3. The van der Waals surface area contributed by atoms with Crippen LogP contribution in [0.2, 0.25) is 0 Å². The Kier molecular flexibility index (Phi) is 5.76. The van der Waals surface area contributed by atoms with Gasteiger partial charge in [-0.1, -0.05) is 31.2 Å². The fourth-order valence-electron chi connectivity index (χ4n) is 2.48. The lowest BCUT2D eigenvalue weighted by molar-refractivity contribution is 0.333. The molecule has 0 amide bonds. The number of hydrogen-bond donors (Lipinski definition) is 1. The molecule has 1 heterocycles. The predicted molar refractivity (Wildman–Crippen MR) is 86.7 cm³/mol. The molecule has 0 aliphatic rings. The van der Waals surface area contributed by atoms with Gasteiger partial charge < -0.3 is 10.1 Å². The van der Waals surface area contributed by atoms with E-state index < -0.39 is 0 Å².